The molecule has 0 bridgehead atoms. The van der Waals surface area contributed by atoms with Gasteiger partial charge < -0.3 is 10.6 Å². The third-order valence-electron chi connectivity index (χ3n) is 4.97. The SMILES string of the molecule is Cc1ccc(S(=O)(=O)NCc2ccccc2)cc1C(=O)N1CCC(CN)C1.Cl. The number of aryl methyl sites for hydroxylation is 1. The van der Waals surface area contributed by atoms with Crippen molar-refractivity contribution >= 4 is 28.3 Å². The summed E-state index contributed by atoms with van der Waals surface area (Å²) < 4.78 is 27.9. The molecule has 1 unspecified atom stereocenters. The van der Waals surface area contributed by atoms with Gasteiger partial charge in [-0.2, -0.15) is 0 Å². The molecule has 1 fully saturated rings. The van der Waals surface area contributed by atoms with E-state index in [2.05, 4.69) is 4.72 Å². The molecule has 3 N–H and O–H groups in total. The van der Waals surface area contributed by atoms with Crippen LogP contribution in [0.4, 0.5) is 0 Å². The summed E-state index contributed by atoms with van der Waals surface area (Å²) >= 11 is 0. The van der Waals surface area contributed by atoms with Gasteiger partial charge in [-0.25, -0.2) is 13.1 Å². The largest absolute Gasteiger partial charge is 0.338 e. The van der Waals surface area contributed by atoms with Crippen LogP contribution in [0.2, 0.25) is 0 Å². The van der Waals surface area contributed by atoms with Crippen LogP contribution in [0.25, 0.3) is 0 Å². The Morgan fingerprint density at radius 3 is 2.57 bits per heavy atom. The molecule has 2 aromatic rings. The van der Waals surface area contributed by atoms with E-state index in [1.54, 1.807) is 11.0 Å². The van der Waals surface area contributed by atoms with E-state index in [-0.39, 0.29) is 29.8 Å². The third-order valence-corrected chi connectivity index (χ3v) is 6.36. The number of hydrogen-bond acceptors (Lipinski definition) is 4. The number of nitrogens with one attached hydrogen (secondary N) is 1. The average Bonchev–Trinajstić information content (AvgIpc) is 3.16. The zero-order chi connectivity index (χ0) is 19.4. The second-order valence-electron chi connectivity index (χ2n) is 6.93. The Hall–Kier alpha value is -1.93. The van der Waals surface area contributed by atoms with Crippen molar-refractivity contribution in [3.8, 4) is 0 Å². The summed E-state index contributed by atoms with van der Waals surface area (Å²) in [6.45, 7) is 3.85. The van der Waals surface area contributed by atoms with Crippen molar-refractivity contribution in [3.63, 3.8) is 0 Å². The monoisotopic (exact) mass is 423 g/mol. The highest BCUT2D eigenvalue weighted by molar-refractivity contribution is 7.89. The number of rotatable bonds is 6. The zero-order valence-corrected chi connectivity index (χ0v) is 17.4. The molecule has 1 aliphatic heterocycles. The molecule has 0 radical (unpaired) electrons. The number of benzene rings is 2. The lowest BCUT2D eigenvalue weighted by atomic mass is 10.1. The summed E-state index contributed by atoms with van der Waals surface area (Å²) in [5.41, 5.74) is 7.76. The van der Waals surface area contributed by atoms with Crippen molar-refractivity contribution in [2.75, 3.05) is 19.6 Å². The summed E-state index contributed by atoms with van der Waals surface area (Å²) in [5, 5.41) is 0. The van der Waals surface area contributed by atoms with E-state index in [1.165, 1.54) is 12.1 Å². The van der Waals surface area contributed by atoms with Gasteiger partial charge in [-0.15, -0.1) is 12.4 Å². The first-order valence-corrected chi connectivity index (χ1v) is 10.5. The molecule has 152 valence electrons. The number of sulfonamides is 1. The van der Waals surface area contributed by atoms with Crippen LogP contribution in [-0.4, -0.2) is 38.9 Å². The van der Waals surface area contributed by atoms with Crippen molar-refractivity contribution in [2.24, 2.45) is 11.7 Å². The number of likely N-dealkylation sites (tertiary alicyclic amines) is 1. The van der Waals surface area contributed by atoms with Gasteiger partial charge in [-0.3, -0.25) is 4.79 Å². The van der Waals surface area contributed by atoms with E-state index in [0.29, 0.717) is 31.1 Å². The number of carbonyl (C=O) groups excluding carboxylic acids is 1. The lowest BCUT2D eigenvalue weighted by Gasteiger charge is -2.18. The molecule has 0 saturated carbocycles. The van der Waals surface area contributed by atoms with E-state index in [9.17, 15) is 13.2 Å². The summed E-state index contributed by atoms with van der Waals surface area (Å²) in [6.07, 6.45) is 0.887. The molecule has 1 saturated heterocycles. The van der Waals surface area contributed by atoms with Crippen LogP contribution in [0.1, 0.15) is 27.9 Å². The van der Waals surface area contributed by atoms with E-state index >= 15 is 0 Å². The molecular weight excluding hydrogens is 398 g/mol. The maximum absolute atomic E-state index is 12.9. The van der Waals surface area contributed by atoms with Gasteiger partial charge in [-0.05, 0) is 49.1 Å². The van der Waals surface area contributed by atoms with Gasteiger partial charge in [0.25, 0.3) is 5.91 Å². The molecule has 3 rings (SSSR count). The minimum atomic E-state index is -3.71. The lowest BCUT2D eigenvalue weighted by Crippen LogP contribution is -2.31. The minimum Gasteiger partial charge on any atom is -0.338 e. The van der Waals surface area contributed by atoms with E-state index < -0.39 is 10.0 Å². The maximum Gasteiger partial charge on any atom is 0.254 e. The maximum atomic E-state index is 12.9. The Balaban J connectivity index is 0.00000280. The van der Waals surface area contributed by atoms with Crippen molar-refractivity contribution < 1.29 is 13.2 Å². The molecule has 1 atom stereocenters. The predicted molar refractivity (Wildman–Crippen MR) is 112 cm³/mol. The Bertz CT molecular complexity index is 920. The van der Waals surface area contributed by atoms with Crippen molar-refractivity contribution in [2.45, 2.75) is 24.8 Å². The van der Waals surface area contributed by atoms with Gasteiger partial charge in [0.2, 0.25) is 10.0 Å². The van der Waals surface area contributed by atoms with E-state index in [4.69, 9.17) is 5.73 Å². The molecule has 1 aliphatic rings. The molecule has 6 nitrogen and oxygen atoms in total. The van der Waals surface area contributed by atoms with Gasteiger partial charge in [-0.1, -0.05) is 36.4 Å². The topological polar surface area (TPSA) is 92.5 Å². The fourth-order valence-corrected chi connectivity index (χ4v) is 4.28. The molecule has 0 aliphatic carbocycles. The summed E-state index contributed by atoms with van der Waals surface area (Å²) in [7, 11) is -3.71. The van der Waals surface area contributed by atoms with Crippen LogP contribution in [0.5, 0.6) is 0 Å². The second kappa shape index (κ2) is 9.52. The number of nitrogens with zero attached hydrogens (tertiary/aromatic N) is 1. The van der Waals surface area contributed by atoms with Crippen LogP contribution in [0, 0.1) is 12.8 Å². The van der Waals surface area contributed by atoms with Crippen LogP contribution >= 0.6 is 12.4 Å². The Morgan fingerprint density at radius 1 is 1.21 bits per heavy atom. The first-order valence-electron chi connectivity index (χ1n) is 9.04. The van der Waals surface area contributed by atoms with Gasteiger partial charge >= 0.3 is 0 Å². The average molecular weight is 424 g/mol. The molecule has 2 aromatic carbocycles. The minimum absolute atomic E-state index is 0. The highest BCUT2D eigenvalue weighted by atomic mass is 35.5. The summed E-state index contributed by atoms with van der Waals surface area (Å²) in [4.78, 5) is 14.7. The molecule has 1 heterocycles. The van der Waals surface area contributed by atoms with Crippen molar-refractivity contribution in [1.29, 1.82) is 0 Å². The Kier molecular flexibility index (Phi) is 7.60. The first kappa shape index (κ1) is 22.4. The fourth-order valence-electron chi connectivity index (χ4n) is 3.24. The smallest absolute Gasteiger partial charge is 0.254 e. The Morgan fingerprint density at radius 2 is 1.93 bits per heavy atom. The number of halogens is 1. The number of hydrogen-bond donors (Lipinski definition) is 2. The standard InChI is InChI=1S/C20H25N3O3S.ClH/c1-15-7-8-18(27(25,26)22-13-16-5-3-2-4-6-16)11-19(15)20(24)23-10-9-17(12-21)14-23;/h2-8,11,17,22H,9-10,12-14,21H2,1H3;1H. The van der Waals surface area contributed by atoms with Crippen molar-refractivity contribution in [3.05, 3.63) is 65.2 Å². The van der Waals surface area contributed by atoms with Gasteiger partial charge in [0, 0.05) is 25.2 Å². The van der Waals surface area contributed by atoms with Crippen LogP contribution in [-0.2, 0) is 16.6 Å². The van der Waals surface area contributed by atoms with E-state index in [0.717, 1.165) is 17.5 Å². The predicted octanol–water partition coefficient (Wildman–Crippen LogP) is 2.32. The highest BCUT2D eigenvalue weighted by Crippen LogP contribution is 2.22. The van der Waals surface area contributed by atoms with Gasteiger partial charge in [0.1, 0.15) is 0 Å². The van der Waals surface area contributed by atoms with Gasteiger partial charge in [0.05, 0.1) is 4.90 Å². The quantitative estimate of drug-likeness (QED) is 0.745. The van der Waals surface area contributed by atoms with Gasteiger partial charge in [0.15, 0.2) is 0 Å². The number of carbonyl (C=O) groups is 1. The molecular formula is C20H26ClN3O3S. The number of nitrogens with two attached hydrogens (primary N) is 1. The summed E-state index contributed by atoms with van der Waals surface area (Å²) in [5.74, 6) is 0.178. The van der Waals surface area contributed by atoms with Crippen LogP contribution in [0.15, 0.2) is 53.4 Å². The Labute approximate surface area is 172 Å². The molecule has 8 heteroatoms. The lowest BCUT2D eigenvalue weighted by molar-refractivity contribution is 0.0786. The van der Waals surface area contributed by atoms with E-state index in [1.807, 2.05) is 37.3 Å². The van der Waals surface area contributed by atoms with Crippen molar-refractivity contribution in [1.82, 2.24) is 9.62 Å². The highest BCUT2D eigenvalue weighted by Gasteiger charge is 2.27. The molecule has 1 amide bonds. The molecule has 0 aromatic heterocycles. The molecule has 0 spiro atoms. The normalized spacial score (nSPS) is 16.6. The van der Waals surface area contributed by atoms with Crippen LogP contribution < -0.4 is 10.5 Å². The summed E-state index contributed by atoms with van der Waals surface area (Å²) in [6, 6.07) is 14.0. The third kappa shape index (κ3) is 5.11. The number of amides is 1. The second-order valence-corrected chi connectivity index (χ2v) is 8.70. The fraction of sp³-hybridized carbons (Fsp3) is 0.350. The molecule has 28 heavy (non-hydrogen) atoms. The zero-order valence-electron chi connectivity index (χ0n) is 15.8. The van der Waals surface area contributed by atoms with Crippen LogP contribution in [0.3, 0.4) is 0 Å². The first-order chi connectivity index (χ1) is 12.9.